The summed E-state index contributed by atoms with van der Waals surface area (Å²) in [6.45, 7) is 5.60. The van der Waals surface area contributed by atoms with Crippen molar-refractivity contribution in [1.29, 1.82) is 0 Å². The molecule has 0 bridgehead atoms. The Kier molecular flexibility index (Phi) is 10.6. The van der Waals surface area contributed by atoms with E-state index in [1.54, 1.807) is 73.7 Å². The lowest BCUT2D eigenvalue weighted by atomic mass is 10.00. The molecule has 0 aromatic heterocycles. The van der Waals surface area contributed by atoms with E-state index in [2.05, 4.69) is 22.5 Å². The number of carboxylic acid groups (broad SMARTS) is 1. The van der Waals surface area contributed by atoms with Crippen LogP contribution in [0.4, 0.5) is 16.2 Å². The zero-order chi connectivity index (χ0) is 31.1. The Hall–Kier alpha value is -4.12. The number of urea groups is 1. The van der Waals surface area contributed by atoms with Crippen molar-refractivity contribution in [2.24, 2.45) is 5.92 Å². The number of carbonyl (C=O) groups is 3. The molecule has 3 amide bonds. The van der Waals surface area contributed by atoms with Gasteiger partial charge in [0.25, 0.3) is 5.91 Å². The molecule has 3 atom stereocenters. The fourth-order valence-corrected chi connectivity index (χ4v) is 5.27. The molecule has 0 fully saturated rings. The molecule has 3 N–H and O–H groups in total. The summed E-state index contributed by atoms with van der Waals surface area (Å²) in [5, 5.41) is 15.6. The van der Waals surface area contributed by atoms with E-state index in [1.165, 1.54) is 0 Å². The third-order valence-corrected chi connectivity index (χ3v) is 7.90. The number of nitrogens with one attached hydrogen (secondary N) is 2. The molecule has 4 rings (SSSR count). The summed E-state index contributed by atoms with van der Waals surface area (Å²) in [5.41, 5.74) is 2.10. The number of fused-ring (bicyclic) bond motifs is 1. The Morgan fingerprint density at radius 2 is 1.77 bits per heavy atom. The number of amides is 3. The maximum Gasteiger partial charge on any atom is 0.336 e. The molecule has 43 heavy (non-hydrogen) atoms. The number of nitrogens with zero attached hydrogens (tertiary/aromatic N) is 2. The third kappa shape index (κ3) is 8.04. The van der Waals surface area contributed by atoms with E-state index in [0.717, 1.165) is 0 Å². The standard InChI is InChI=1S/C32H37ClN4O6/c1-20-16-37(17-22-9-5-6-10-24(22)31(39)40)21(2)19-43-28-14-13-23(15-25(28)30(38)36(3)18-29(20)42-4)34-32(41)35-27-12-8-7-11-26(27)33/h5-15,20-21,29H,16-19H2,1-4H3,(H,39,40)(H2,34,35,41)/t20-,21-,29-/m1/s1. The highest BCUT2D eigenvalue weighted by Gasteiger charge is 2.29. The van der Waals surface area contributed by atoms with Crippen LogP contribution in [-0.4, -0.2) is 78.8 Å². The second-order valence-electron chi connectivity index (χ2n) is 10.8. The predicted molar refractivity (Wildman–Crippen MR) is 166 cm³/mol. The number of carboxylic acids is 1. The number of para-hydroxylation sites is 1. The molecule has 228 valence electrons. The fourth-order valence-electron chi connectivity index (χ4n) is 5.08. The van der Waals surface area contributed by atoms with Gasteiger partial charge in [-0.1, -0.05) is 48.9 Å². The van der Waals surface area contributed by atoms with E-state index in [-0.39, 0.29) is 41.7 Å². The van der Waals surface area contributed by atoms with E-state index in [0.29, 0.717) is 47.3 Å². The van der Waals surface area contributed by atoms with Crippen LogP contribution >= 0.6 is 11.6 Å². The summed E-state index contributed by atoms with van der Waals surface area (Å²) >= 11 is 6.16. The SMILES string of the molecule is CO[C@@H]1CN(C)C(=O)c2cc(NC(=O)Nc3ccccc3Cl)ccc2OC[C@@H](C)N(Cc2ccccc2C(=O)O)C[C@H]1C. The van der Waals surface area contributed by atoms with Gasteiger partial charge in [0.1, 0.15) is 12.4 Å². The van der Waals surface area contributed by atoms with Crippen LogP contribution in [0.1, 0.15) is 40.1 Å². The van der Waals surface area contributed by atoms with E-state index in [4.69, 9.17) is 21.1 Å². The van der Waals surface area contributed by atoms with Crippen LogP contribution < -0.4 is 15.4 Å². The number of hydrogen-bond donors (Lipinski definition) is 3. The zero-order valence-electron chi connectivity index (χ0n) is 24.7. The van der Waals surface area contributed by atoms with Crippen LogP contribution in [0.25, 0.3) is 0 Å². The highest BCUT2D eigenvalue weighted by Crippen LogP contribution is 2.28. The minimum absolute atomic E-state index is 0.0000877. The molecule has 0 spiro atoms. The number of halogens is 1. The lowest BCUT2D eigenvalue weighted by Gasteiger charge is -2.36. The molecule has 3 aromatic rings. The van der Waals surface area contributed by atoms with Crippen LogP contribution in [0, 0.1) is 5.92 Å². The van der Waals surface area contributed by atoms with Gasteiger partial charge in [0.05, 0.1) is 27.9 Å². The molecule has 0 saturated heterocycles. The van der Waals surface area contributed by atoms with Crippen molar-refractivity contribution in [3.8, 4) is 5.75 Å². The molecule has 1 heterocycles. The second kappa shape index (κ2) is 14.4. The average Bonchev–Trinajstić information content (AvgIpc) is 2.98. The van der Waals surface area contributed by atoms with Crippen molar-refractivity contribution < 1.29 is 29.0 Å². The average molecular weight is 609 g/mol. The lowest BCUT2D eigenvalue weighted by Crippen LogP contribution is -2.46. The van der Waals surface area contributed by atoms with Crippen LogP contribution in [0.15, 0.2) is 66.7 Å². The van der Waals surface area contributed by atoms with Gasteiger partial charge in [0.2, 0.25) is 0 Å². The zero-order valence-corrected chi connectivity index (χ0v) is 25.4. The topological polar surface area (TPSA) is 120 Å². The maximum atomic E-state index is 13.7. The molecular weight excluding hydrogens is 572 g/mol. The largest absolute Gasteiger partial charge is 0.491 e. The number of aromatic carboxylic acids is 1. The number of ether oxygens (including phenoxy) is 2. The Morgan fingerprint density at radius 3 is 2.49 bits per heavy atom. The van der Waals surface area contributed by atoms with Crippen molar-refractivity contribution in [1.82, 2.24) is 9.80 Å². The van der Waals surface area contributed by atoms with Crippen molar-refractivity contribution in [3.63, 3.8) is 0 Å². The van der Waals surface area contributed by atoms with Crippen molar-refractivity contribution in [3.05, 3.63) is 88.4 Å². The second-order valence-corrected chi connectivity index (χ2v) is 11.2. The number of anilines is 2. The molecule has 1 aliphatic rings. The van der Waals surface area contributed by atoms with Gasteiger partial charge in [-0.3, -0.25) is 9.69 Å². The summed E-state index contributed by atoms with van der Waals surface area (Å²) in [6.07, 6.45) is -0.287. The first kappa shape index (κ1) is 31.8. The molecule has 0 aliphatic carbocycles. The molecule has 0 saturated carbocycles. The van der Waals surface area contributed by atoms with Crippen molar-refractivity contribution in [2.45, 2.75) is 32.5 Å². The molecule has 10 nitrogen and oxygen atoms in total. The summed E-state index contributed by atoms with van der Waals surface area (Å²) in [4.78, 5) is 42.0. The number of benzene rings is 3. The lowest BCUT2D eigenvalue weighted by molar-refractivity contribution is 0.00915. The summed E-state index contributed by atoms with van der Waals surface area (Å²) < 4.78 is 12.0. The molecule has 1 aliphatic heterocycles. The summed E-state index contributed by atoms with van der Waals surface area (Å²) in [5.74, 6) is -0.884. The normalized spacial score (nSPS) is 19.8. The van der Waals surface area contributed by atoms with E-state index < -0.39 is 12.0 Å². The van der Waals surface area contributed by atoms with Gasteiger partial charge in [-0.05, 0) is 54.8 Å². The van der Waals surface area contributed by atoms with Gasteiger partial charge in [0, 0.05) is 45.5 Å². The minimum Gasteiger partial charge on any atom is -0.491 e. The Balaban J connectivity index is 1.61. The maximum absolute atomic E-state index is 13.7. The monoisotopic (exact) mass is 608 g/mol. The first-order valence-corrected chi connectivity index (χ1v) is 14.4. The van der Waals surface area contributed by atoms with E-state index in [1.807, 2.05) is 19.1 Å². The predicted octanol–water partition coefficient (Wildman–Crippen LogP) is 5.69. The number of hydrogen-bond acceptors (Lipinski definition) is 6. The van der Waals surface area contributed by atoms with Gasteiger partial charge >= 0.3 is 12.0 Å². The van der Waals surface area contributed by atoms with Crippen LogP contribution in [0.3, 0.4) is 0 Å². The van der Waals surface area contributed by atoms with Gasteiger partial charge in [-0.25, -0.2) is 9.59 Å². The molecule has 0 unspecified atom stereocenters. The van der Waals surface area contributed by atoms with Crippen molar-refractivity contribution >= 4 is 40.9 Å². The number of carbonyl (C=O) groups excluding carboxylic acids is 2. The highest BCUT2D eigenvalue weighted by molar-refractivity contribution is 6.33. The van der Waals surface area contributed by atoms with Crippen LogP contribution in [0.5, 0.6) is 5.75 Å². The Bertz CT molecular complexity index is 1470. The summed E-state index contributed by atoms with van der Waals surface area (Å²) in [6, 6.07) is 18.1. The van der Waals surface area contributed by atoms with E-state index in [9.17, 15) is 19.5 Å². The number of likely N-dealkylation sites (N-methyl/N-ethyl adjacent to an activating group) is 1. The van der Waals surface area contributed by atoms with Crippen molar-refractivity contribution in [2.75, 3.05) is 44.5 Å². The molecular formula is C32H37ClN4O6. The fraction of sp³-hybridized carbons (Fsp3) is 0.344. The first-order valence-electron chi connectivity index (χ1n) is 14.0. The quantitative estimate of drug-likeness (QED) is 0.329. The van der Waals surface area contributed by atoms with Gasteiger partial charge < -0.3 is 30.1 Å². The molecule has 11 heteroatoms. The van der Waals surface area contributed by atoms with Crippen LogP contribution in [-0.2, 0) is 11.3 Å². The highest BCUT2D eigenvalue weighted by atomic mass is 35.5. The number of methoxy groups -OCH3 is 1. The molecule has 3 aromatic carbocycles. The molecule has 0 radical (unpaired) electrons. The van der Waals surface area contributed by atoms with E-state index >= 15 is 0 Å². The smallest absolute Gasteiger partial charge is 0.336 e. The van der Waals surface area contributed by atoms with Crippen LogP contribution in [0.2, 0.25) is 5.02 Å². The van der Waals surface area contributed by atoms with Gasteiger partial charge in [-0.2, -0.15) is 0 Å². The minimum atomic E-state index is -0.976. The first-order chi connectivity index (χ1) is 20.6. The number of rotatable bonds is 6. The van der Waals surface area contributed by atoms with Gasteiger partial charge in [0.15, 0.2) is 0 Å². The Morgan fingerprint density at radius 1 is 1.05 bits per heavy atom. The summed E-state index contributed by atoms with van der Waals surface area (Å²) in [7, 11) is 3.32. The Labute approximate surface area is 256 Å². The van der Waals surface area contributed by atoms with Gasteiger partial charge in [-0.15, -0.1) is 0 Å². The third-order valence-electron chi connectivity index (χ3n) is 7.57.